The van der Waals surface area contributed by atoms with Crippen LogP contribution in [-0.4, -0.2) is 21.5 Å². The molecule has 0 spiro atoms. The Morgan fingerprint density at radius 2 is 2.18 bits per heavy atom. The molecule has 2 rings (SSSR count). The van der Waals surface area contributed by atoms with E-state index in [1.807, 2.05) is 6.92 Å². The van der Waals surface area contributed by atoms with E-state index in [1.165, 1.54) is 18.2 Å². The first-order valence-corrected chi connectivity index (χ1v) is 5.21. The summed E-state index contributed by atoms with van der Waals surface area (Å²) >= 11 is 0. The number of aromatic carboxylic acids is 1. The van der Waals surface area contributed by atoms with Crippen LogP contribution in [0.25, 0.3) is 0 Å². The van der Waals surface area contributed by atoms with Crippen molar-refractivity contribution in [1.29, 1.82) is 0 Å². The van der Waals surface area contributed by atoms with Gasteiger partial charge in [-0.05, 0) is 31.9 Å². The molecule has 0 amide bonds. The van der Waals surface area contributed by atoms with Crippen molar-refractivity contribution in [3.63, 3.8) is 0 Å². The standard InChI is InChI=1S/C11H12N2O4/c1-11(4-5-11)12-7-2-3-9(13(16)17)8(6-7)10(14)15/h2-3,6,12H,4-5H2,1H3,(H,14,15). The van der Waals surface area contributed by atoms with Gasteiger partial charge in [-0.2, -0.15) is 0 Å². The van der Waals surface area contributed by atoms with Crippen LogP contribution in [0, 0.1) is 10.1 Å². The first-order valence-electron chi connectivity index (χ1n) is 5.21. The minimum Gasteiger partial charge on any atom is -0.477 e. The van der Waals surface area contributed by atoms with E-state index in [2.05, 4.69) is 5.32 Å². The van der Waals surface area contributed by atoms with E-state index in [4.69, 9.17) is 5.11 Å². The first-order chi connectivity index (χ1) is 7.91. The van der Waals surface area contributed by atoms with Crippen LogP contribution in [-0.2, 0) is 0 Å². The van der Waals surface area contributed by atoms with Gasteiger partial charge in [-0.1, -0.05) is 0 Å². The molecule has 1 aromatic carbocycles. The van der Waals surface area contributed by atoms with Gasteiger partial charge in [0.05, 0.1) is 4.92 Å². The Hall–Kier alpha value is -2.11. The number of anilines is 1. The lowest BCUT2D eigenvalue weighted by Gasteiger charge is -2.13. The average Bonchev–Trinajstić information content (AvgIpc) is 2.95. The molecule has 0 aliphatic heterocycles. The molecule has 1 aromatic rings. The van der Waals surface area contributed by atoms with Crippen LogP contribution in [0.15, 0.2) is 18.2 Å². The average molecular weight is 236 g/mol. The van der Waals surface area contributed by atoms with Crippen molar-refractivity contribution in [2.45, 2.75) is 25.3 Å². The van der Waals surface area contributed by atoms with Crippen LogP contribution in [0.3, 0.4) is 0 Å². The Labute approximate surface area is 97.4 Å². The van der Waals surface area contributed by atoms with Gasteiger partial charge in [0.1, 0.15) is 5.56 Å². The van der Waals surface area contributed by atoms with Crippen LogP contribution in [0.5, 0.6) is 0 Å². The highest BCUT2D eigenvalue weighted by Gasteiger charge is 2.37. The maximum absolute atomic E-state index is 10.9. The molecule has 90 valence electrons. The maximum atomic E-state index is 10.9. The topological polar surface area (TPSA) is 92.5 Å². The molecule has 17 heavy (non-hydrogen) atoms. The Balaban J connectivity index is 2.34. The Kier molecular flexibility index (Phi) is 2.49. The summed E-state index contributed by atoms with van der Waals surface area (Å²) in [6.07, 6.45) is 2.04. The number of carboxylic acids is 1. The lowest BCUT2D eigenvalue weighted by atomic mass is 10.1. The Morgan fingerprint density at radius 1 is 1.53 bits per heavy atom. The monoisotopic (exact) mass is 236 g/mol. The number of benzene rings is 1. The van der Waals surface area contributed by atoms with Crippen molar-refractivity contribution in [2.24, 2.45) is 0 Å². The number of hydrogen-bond donors (Lipinski definition) is 2. The highest BCUT2D eigenvalue weighted by atomic mass is 16.6. The van der Waals surface area contributed by atoms with Crippen LogP contribution in [0.1, 0.15) is 30.1 Å². The number of rotatable bonds is 4. The van der Waals surface area contributed by atoms with Crippen LogP contribution in [0.2, 0.25) is 0 Å². The van der Waals surface area contributed by atoms with Crippen molar-refractivity contribution in [2.75, 3.05) is 5.32 Å². The zero-order chi connectivity index (χ0) is 12.6. The second kappa shape index (κ2) is 3.73. The first kappa shape index (κ1) is 11.4. The number of carboxylic acid groups (broad SMARTS) is 1. The summed E-state index contributed by atoms with van der Waals surface area (Å²) in [5.74, 6) is -1.29. The lowest BCUT2D eigenvalue weighted by Crippen LogP contribution is -2.16. The number of hydrogen-bond acceptors (Lipinski definition) is 4. The van der Waals surface area contributed by atoms with E-state index in [0.29, 0.717) is 5.69 Å². The third kappa shape index (κ3) is 2.35. The van der Waals surface area contributed by atoms with Crippen molar-refractivity contribution in [3.05, 3.63) is 33.9 Å². The van der Waals surface area contributed by atoms with Gasteiger partial charge in [-0.3, -0.25) is 10.1 Å². The van der Waals surface area contributed by atoms with E-state index < -0.39 is 10.9 Å². The molecule has 0 unspecified atom stereocenters. The number of nitro groups is 1. The number of nitro benzene ring substituents is 1. The molecule has 0 aromatic heterocycles. The Bertz CT molecular complexity index is 494. The molecule has 0 heterocycles. The molecular weight excluding hydrogens is 224 g/mol. The minimum atomic E-state index is -1.29. The van der Waals surface area contributed by atoms with E-state index in [1.54, 1.807) is 0 Å². The summed E-state index contributed by atoms with van der Waals surface area (Å²) in [6.45, 7) is 2.02. The quantitative estimate of drug-likeness (QED) is 0.617. The molecule has 0 bridgehead atoms. The van der Waals surface area contributed by atoms with Crippen molar-refractivity contribution >= 4 is 17.3 Å². The van der Waals surface area contributed by atoms with Crippen molar-refractivity contribution in [1.82, 2.24) is 0 Å². The molecular formula is C11H12N2O4. The summed E-state index contributed by atoms with van der Waals surface area (Å²) in [7, 11) is 0. The largest absolute Gasteiger partial charge is 0.477 e. The smallest absolute Gasteiger partial charge is 0.342 e. The molecule has 6 nitrogen and oxygen atoms in total. The second-order valence-electron chi connectivity index (χ2n) is 4.48. The van der Waals surface area contributed by atoms with Gasteiger partial charge in [0, 0.05) is 17.3 Å². The summed E-state index contributed by atoms with van der Waals surface area (Å²) in [5, 5.41) is 22.7. The molecule has 6 heteroatoms. The van der Waals surface area contributed by atoms with E-state index in [9.17, 15) is 14.9 Å². The zero-order valence-corrected chi connectivity index (χ0v) is 9.27. The fourth-order valence-corrected chi connectivity index (χ4v) is 1.61. The van der Waals surface area contributed by atoms with Gasteiger partial charge in [0.2, 0.25) is 0 Å². The highest BCUT2D eigenvalue weighted by molar-refractivity contribution is 5.93. The van der Waals surface area contributed by atoms with Gasteiger partial charge in [-0.15, -0.1) is 0 Å². The van der Waals surface area contributed by atoms with Gasteiger partial charge >= 0.3 is 5.97 Å². The minimum absolute atomic E-state index is 0.00586. The summed E-state index contributed by atoms with van der Waals surface area (Å²) in [6, 6.07) is 4.07. The molecule has 0 atom stereocenters. The molecule has 0 radical (unpaired) electrons. The summed E-state index contributed by atoms with van der Waals surface area (Å²) < 4.78 is 0. The molecule has 1 aliphatic carbocycles. The summed E-state index contributed by atoms with van der Waals surface area (Å²) in [4.78, 5) is 20.9. The molecule has 2 N–H and O–H groups in total. The van der Waals surface area contributed by atoms with Gasteiger partial charge < -0.3 is 10.4 Å². The predicted octanol–water partition coefficient (Wildman–Crippen LogP) is 2.26. The number of nitrogens with one attached hydrogen (secondary N) is 1. The molecule has 1 aliphatic rings. The van der Waals surface area contributed by atoms with Gasteiger partial charge in [-0.25, -0.2) is 4.79 Å². The second-order valence-corrected chi connectivity index (χ2v) is 4.48. The highest BCUT2D eigenvalue weighted by Crippen LogP contribution is 2.38. The lowest BCUT2D eigenvalue weighted by molar-refractivity contribution is -0.385. The van der Waals surface area contributed by atoms with Crippen molar-refractivity contribution in [3.8, 4) is 0 Å². The van der Waals surface area contributed by atoms with Gasteiger partial charge in [0.25, 0.3) is 5.69 Å². The van der Waals surface area contributed by atoms with Crippen LogP contribution < -0.4 is 5.32 Å². The van der Waals surface area contributed by atoms with E-state index >= 15 is 0 Å². The third-order valence-electron chi connectivity index (χ3n) is 2.87. The normalized spacial score (nSPS) is 16.3. The zero-order valence-electron chi connectivity index (χ0n) is 9.27. The SMILES string of the molecule is CC1(Nc2ccc([N+](=O)[O-])c(C(=O)O)c2)CC1. The van der Waals surface area contributed by atoms with Gasteiger partial charge in [0.15, 0.2) is 0 Å². The fourth-order valence-electron chi connectivity index (χ4n) is 1.61. The fraction of sp³-hybridized carbons (Fsp3) is 0.364. The number of nitrogens with zero attached hydrogens (tertiary/aromatic N) is 1. The molecule has 1 fully saturated rings. The molecule has 1 saturated carbocycles. The van der Waals surface area contributed by atoms with Crippen LogP contribution >= 0.6 is 0 Å². The maximum Gasteiger partial charge on any atom is 0.342 e. The third-order valence-corrected chi connectivity index (χ3v) is 2.87. The van der Waals surface area contributed by atoms with Crippen LogP contribution in [0.4, 0.5) is 11.4 Å². The van der Waals surface area contributed by atoms with Crippen molar-refractivity contribution < 1.29 is 14.8 Å². The summed E-state index contributed by atoms with van der Waals surface area (Å²) in [5.41, 5.74) is -0.0624. The predicted molar refractivity (Wildman–Crippen MR) is 61.3 cm³/mol. The van der Waals surface area contributed by atoms with E-state index in [-0.39, 0.29) is 16.8 Å². The Morgan fingerprint density at radius 3 is 2.65 bits per heavy atom. The number of carbonyl (C=O) groups is 1. The molecule has 0 saturated heterocycles. The van der Waals surface area contributed by atoms with E-state index in [0.717, 1.165) is 12.8 Å².